The first-order chi connectivity index (χ1) is 8.74. The molecule has 0 amide bonds. The second kappa shape index (κ2) is 4.38. The van der Waals surface area contributed by atoms with Crippen molar-refractivity contribution in [2.45, 2.75) is 0 Å². The molecule has 0 atom stereocenters. The van der Waals surface area contributed by atoms with E-state index in [-0.39, 0.29) is 5.82 Å². The van der Waals surface area contributed by atoms with Crippen LogP contribution in [0.3, 0.4) is 0 Å². The molecule has 0 saturated heterocycles. The molecule has 0 aliphatic carbocycles. The third-order valence-corrected chi connectivity index (χ3v) is 3.00. The average Bonchev–Trinajstić information content (AvgIpc) is 2.83. The number of aromatic nitrogens is 3. The number of halogens is 2. The SMILES string of the molecule is Fc1ccc(Oc2nccn3nccc23)cc1Br. The number of nitrogens with zero attached hydrogens (tertiary/aromatic N) is 3. The zero-order valence-electron chi connectivity index (χ0n) is 9.05. The van der Waals surface area contributed by atoms with Crippen molar-refractivity contribution in [3.63, 3.8) is 0 Å². The van der Waals surface area contributed by atoms with Gasteiger partial charge < -0.3 is 4.74 Å². The van der Waals surface area contributed by atoms with E-state index in [1.54, 1.807) is 41.3 Å². The Morgan fingerprint density at radius 3 is 2.94 bits per heavy atom. The summed E-state index contributed by atoms with van der Waals surface area (Å²) in [4.78, 5) is 4.13. The monoisotopic (exact) mass is 307 g/mol. The lowest BCUT2D eigenvalue weighted by atomic mass is 10.3. The van der Waals surface area contributed by atoms with Gasteiger partial charge in [-0.3, -0.25) is 0 Å². The van der Waals surface area contributed by atoms with Crippen LogP contribution in [-0.2, 0) is 0 Å². The van der Waals surface area contributed by atoms with Crippen molar-refractivity contribution in [2.24, 2.45) is 0 Å². The molecule has 0 aliphatic heterocycles. The fraction of sp³-hybridized carbons (Fsp3) is 0. The highest BCUT2D eigenvalue weighted by molar-refractivity contribution is 9.10. The van der Waals surface area contributed by atoms with E-state index in [0.29, 0.717) is 16.1 Å². The minimum absolute atomic E-state index is 0.335. The summed E-state index contributed by atoms with van der Waals surface area (Å²) in [5.74, 6) is 0.594. The summed E-state index contributed by atoms with van der Waals surface area (Å²) < 4.78 is 20.7. The Balaban J connectivity index is 2.01. The van der Waals surface area contributed by atoms with Gasteiger partial charge in [-0.1, -0.05) is 0 Å². The number of benzene rings is 1. The van der Waals surface area contributed by atoms with Gasteiger partial charge in [0.05, 0.1) is 10.7 Å². The second-order valence-corrected chi connectivity index (χ2v) is 4.43. The fourth-order valence-corrected chi connectivity index (χ4v) is 1.92. The van der Waals surface area contributed by atoms with Crippen molar-refractivity contribution in [3.8, 4) is 11.6 Å². The third-order valence-electron chi connectivity index (χ3n) is 2.39. The Bertz CT molecular complexity index is 713. The highest BCUT2D eigenvalue weighted by Gasteiger charge is 2.07. The van der Waals surface area contributed by atoms with Crippen LogP contribution in [0.25, 0.3) is 5.52 Å². The van der Waals surface area contributed by atoms with Gasteiger partial charge in [0.1, 0.15) is 17.1 Å². The van der Waals surface area contributed by atoms with Crippen LogP contribution in [0.1, 0.15) is 0 Å². The molecule has 0 unspecified atom stereocenters. The average molecular weight is 308 g/mol. The zero-order valence-corrected chi connectivity index (χ0v) is 10.6. The van der Waals surface area contributed by atoms with E-state index >= 15 is 0 Å². The van der Waals surface area contributed by atoms with E-state index in [0.717, 1.165) is 5.52 Å². The van der Waals surface area contributed by atoms with Crippen molar-refractivity contribution in [3.05, 3.63) is 53.1 Å². The molecule has 0 aliphatic rings. The quantitative estimate of drug-likeness (QED) is 0.728. The lowest BCUT2D eigenvalue weighted by Gasteiger charge is -2.06. The maximum atomic E-state index is 13.1. The number of fused-ring (bicyclic) bond motifs is 1. The lowest BCUT2D eigenvalue weighted by molar-refractivity contribution is 0.463. The number of rotatable bonds is 2. The van der Waals surface area contributed by atoms with Crippen LogP contribution in [0.15, 0.2) is 47.3 Å². The molecule has 0 bridgehead atoms. The maximum Gasteiger partial charge on any atom is 0.245 e. The molecule has 4 nitrogen and oxygen atoms in total. The molecule has 3 rings (SSSR count). The second-order valence-electron chi connectivity index (χ2n) is 3.57. The van der Waals surface area contributed by atoms with Gasteiger partial charge in [0.25, 0.3) is 0 Å². The molecule has 18 heavy (non-hydrogen) atoms. The van der Waals surface area contributed by atoms with Gasteiger partial charge in [-0.2, -0.15) is 5.10 Å². The Labute approximate surface area is 110 Å². The van der Waals surface area contributed by atoms with Gasteiger partial charge >= 0.3 is 0 Å². The first-order valence-electron chi connectivity index (χ1n) is 5.15. The van der Waals surface area contributed by atoms with E-state index < -0.39 is 0 Å². The van der Waals surface area contributed by atoms with Crippen LogP contribution < -0.4 is 4.74 Å². The maximum absolute atomic E-state index is 13.1. The van der Waals surface area contributed by atoms with Crippen molar-refractivity contribution < 1.29 is 9.13 Å². The first kappa shape index (κ1) is 11.2. The Morgan fingerprint density at radius 1 is 1.22 bits per heavy atom. The molecular weight excluding hydrogens is 301 g/mol. The number of hydrogen-bond acceptors (Lipinski definition) is 3. The predicted octanol–water partition coefficient (Wildman–Crippen LogP) is 3.42. The summed E-state index contributed by atoms with van der Waals surface area (Å²) >= 11 is 3.11. The molecule has 6 heteroatoms. The van der Waals surface area contributed by atoms with Crippen LogP contribution in [0.2, 0.25) is 0 Å². The highest BCUT2D eigenvalue weighted by atomic mass is 79.9. The standard InChI is InChI=1S/C12H7BrFN3O/c13-9-7-8(1-2-10(9)14)18-12-11-3-4-16-17(11)6-5-15-12/h1-7H. The largest absolute Gasteiger partial charge is 0.437 e. The predicted molar refractivity (Wildman–Crippen MR) is 67.2 cm³/mol. The van der Waals surface area contributed by atoms with Crippen LogP contribution in [0.4, 0.5) is 4.39 Å². The van der Waals surface area contributed by atoms with E-state index in [1.165, 1.54) is 6.07 Å². The fourth-order valence-electron chi connectivity index (χ4n) is 1.56. The molecule has 0 fully saturated rings. The lowest BCUT2D eigenvalue weighted by Crippen LogP contribution is -1.93. The smallest absolute Gasteiger partial charge is 0.245 e. The minimum atomic E-state index is -0.335. The molecule has 0 spiro atoms. The van der Waals surface area contributed by atoms with Crippen LogP contribution in [-0.4, -0.2) is 14.6 Å². The van der Waals surface area contributed by atoms with Gasteiger partial charge in [-0.25, -0.2) is 13.9 Å². The molecule has 0 radical (unpaired) electrons. The molecular formula is C12H7BrFN3O. The molecule has 0 N–H and O–H groups in total. The molecule has 3 aromatic rings. The molecule has 1 aromatic carbocycles. The van der Waals surface area contributed by atoms with E-state index in [4.69, 9.17) is 4.74 Å². The molecule has 2 aromatic heterocycles. The zero-order chi connectivity index (χ0) is 12.5. The number of ether oxygens (including phenoxy) is 1. The van der Waals surface area contributed by atoms with Crippen molar-refractivity contribution in [2.75, 3.05) is 0 Å². The summed E-state index contributed by atoms with van der Waals surface area (Å²) in [5, 5.41) is 4.08. The summed E-state index contributed by atoms with van der Waals surface area (Å²) in [7, 11) is 0. The van der Waals surface area contributed by atoms with Gasteiger partial charge in [0.2, 0.25) is 5.88 Å². The highest BCUT2D eigenvalue weighted by Crippen LogP contribution is 2.27. The van der Waals surface area contributed by atoms with Gasteiger partial charge in [-0.15, -0.1) is 0 Å². The van der Waals surface area contributed by atoms with Gasteiger partial charge in [0, 0.05) is 12.4 Å². The Hall–Kier alpha value is -1.95. The Morgan fingerprint density at radius 2 is 2.11 bits per heavy atom. The van der Waals surface area contributed by atoms with E-state index in [9.17, 15) is 4.39 Å². The van der Waals surface area contributed by atoms with Crippen LogP contribution in [0.5, 0.6) is 11.6 Å². The minimum Gasteiger partial charge on any atom is -0.437 e. The Kier molecular flexibility index (Phi) is 2.71. The van der Waals surface area contributed by atoms with Crippen molar-refractivity contribution in [1.82, 2.24) is 14.6 Å². The third kappa shape index (κ3) is 1.95. The summed E-state index contributed by atoms with van der Waals surface area (Å²) in [5.41, 5.74) is 0.748. The first-order valence-corrected chi connectivity index (χ1v) is 5.94. The van der Waals surface area contributed by atoms with Crippen LogP contribution >= 0.6 is 15.9 Å². The normalized spacial score (nSPS) is 10.8. The molecule has 90 valence electrons. The molecule has 0 saturated carbocycles. The van der Waals surface area contributed by atoms with E-state index in [2.05, 4.69) is 26.0 Å². The summed E-state index contributed by atoms with van der Waals surface area (Å²) in [6, 6.07) is 6.22. The van der Waals surface area contributed by atoms with Gasteiger partial charge in [0.15, 0.2) is 0 Å². The summed E-state index contributed by atoms with van der Waals surface area (Å²) in [6.45, 7) is 0. The number of hydrogen-bond donors (Lipinski definition) is 0. The topological polar surface area (TPSA) is 39.4 Å². The van der Waals surface area contributed by atoms with Crippen molar-refractivity contribution >= 4 is 21.4 Å². The molecule has 2 heterocycles. The summed E-state index contributed by atoms with van der Waals surface area (Å²) in [6.07, 6.45) is 4.97. The van der Waals surface area contributed by atoms with Crippen LogP contribution in [0, 0.1) is 5.82 Å². The van der Waals surface area contributed by atoms with E-state index in [1.807, 2.05) is 0 Å². The van der Waals surface area contributed by atoms with Crippen molar-refractivity contribution in [1.29, 1.82) is 0 Å². The van der Waals surface area contributed by atoms with Gasteiger partial charge in [-0.05, 0) is 40.2 Å².